The largest absolute Gasteiger partial charge is 0.493 e. The Morgan fingerprint density at radius 3 is 2.48 bits per heavy atom. The lowest BCUT2D eigenvalue weighted by Crippen LogP contribution is -2.40. The monoisotopic (exact) mass is 343 g/mol. The first kappa shape index (κ1) is 16.6. The van der Waals surface area contributed by atoms with Gasteiger partial charge in [0.2, 0.25) is 0 Å². The van der Waals surface area contributed by atoms with Crippen molar-refractivity contribution in [3.63, 3.8) is 0 Å². The van der Waals surface area contributed by atoms with E-state index in [4.69, 9.17) is 9.47 Å². The predicted molar refractivity (Wildman–Crippen MR) is 91.1 cm³/mol. The number of rotatable bonds is 4. The molecule has 1 heterocycles. The maximum Gasteiger partial charge on any atom is 0.269 e. The molecular weight excluding hydrogens is 326 g/mol. The highest BCUT2D eigenvalue weighted by Crippen LogP contribution is 2.39. The zero-order valence-corrected chi connectivity index (χ0v) is 14.0. The molecule has 25 heavy (non-hydrogen) atoms. The second-order valence-electron chi connectivity index (χ2n) is 5.57. The summed E-state index contributed by atoms with van der Waals surface area (Å²) in [7, 11) is 4.65. The van der Waals surface area contributed by atoms with Crippen molar-refractivity contribution in [3.8, 4) is 11.5 Å². The van der Waals surface area contributed by atoms with E-state index in [-0.39, 0.29) is 11.6 Å². The number of nitrogens with zero attached hydrogens (tertiary/aromatic N) is 2. The second-order valence-corrected chi connectivity index (χ2v) is 5.57. The van der Waals surface area contributed by atoms with Gasteiger partial charge < -0.3 is 19.7 Å². The third kappa shape index (κ3) is 2.82. The Bertz CT molecular complexity index is 852. The Labute approximate surface area is 144 Å². The summed E-state index contributed by atoms with van der Waals surface area (Å²) in [5.41, 5.74) is 1.61. The molecule has 1 N–H and O–H groups in total. The Hall–Kier alpha value is -3.29. The normalized spacial score (nSPS) is 16.0. The maximum absolute atomic E-state index is 12.7. The van der Waals surface area contributed by atoms with Gasteiger partial charge in [0.25, 0.3) is 11.6 Å². The molecule has 1 amide bonds. The lowest BCUT2D eigenvalue weighted by atomic mass is 10.0. The highest BCUT2D eigenvalue weighted by molar-refractivity contribution is 6.02. The number of nitrogens with one attached hydrogen (secondary N) is 1. The first-order chi connectivity index (χ1) is 12.0. The molecule has 8 nitrogen and oxygen atoms in total. The van der Waals surface area contributed by atoms with Gasteiger partial charge in [-0.25, -0.2) is 0 Å². The Morgan fingerprint density at radius 2 is 1.84 bits per heavy atom. The van der Waals surface area contributed by atoms with Gasteiger partial charge in [0.15, 0.2) is 11.5 Å². The topological polar surface area (TPSA) is 93.9 Å². The van der Waals surface area contributed by atoms with Crippen molar-refractivity contribution in [2.24, 2.45) is 0 Å². The van der Waals surface area contributed by atoms with Crippen LogP contribution in [-0.4, -0.2) is 37.0 Å². The van der Waals surface area contributed by atoms with Gasteiger partial charge in [0.05, 0.1) is 30.4 Å². The van der Waals surface area contributed by atoms with Crippen LogP contribution in [0.3, 0.4) is 0 Å². The Kier molecular flexibility index (Phi) is 4.18. The van der Waals surface area contributed by atoms with E-state index < -0.39 is 11.1 Å². The number of ether oxygens (including phenoxy) is 2. The van der Waals surface area contributed by atoms with E-state index in [0.29, 0.717) is 28.3 Å². The number of methoxy groups -OCH3 is 2. The van der Waals surface area contributed by atoms with E-state index in [1.165, 1.54) is 31.3 Å². The van der Waals surface area contributed by atoms with Crippen LogP contribution in [-0.2, 0) is 0 Å². The van der Waals surface area contributed by atoms with Crippen LogP contribution in [0.4, 0.5) is 11.4 Å². The third-order valence-electron chi connectivity index (χ3n) is 4.15. The minimum atomic E-state index is -0.530. The number of non-ortho nitro benzene ring substituents is 1. The summed E-state index contributed by atoms with van der Waals surface area (Å²) in [5.74, 6) is 0.730. The van der Waals surface area contributed by atoms with E-state index in [0.717, 1.165) is 0 Å². The standard InChI is InChI=1S/C17H17N3O5/c1-19-16(10-5-4-6-11(7-10)20(22)23)18-13-9-15(25-3)14(24-2)8-12(13)17(19)21/h4-9,16,18H,1-3H3. The second kappa shape index (κ2) is 6.31. The van der Waals surface area contributed by atoms with Gasteiger partial charge in [0, 0.05) is 30.8 Å². The number of benzene rings is 2. The molecule has 0 aliphatic carbocycles. The molecule has 0 spiro atoms. The fourth-order valence-corrected chi connectivity index (χ4v) is 2.84. The lowest BCUT2D eigenvalue weighted by Gasteiger charge is -2.35. The molecule has 1 aliphatic heterocycles. The number of nitro benzene ring substituents is 1. The van der Waals surface area contributed by atoms with Gasteiger partial charge in [-0.05, 0) is 6.07 Å². The number of carbonyl (C=O) groups excluding carboxylic acids is 1. The summed E-state index contributed by atoms with van der Waals surface area (Å²) in [5, 5.41) is 14.2. The zero-order chi connectivity index (χ0) is 18.1. The van der Waals surface area contributed by atoms with Crippen molar-refractivity contribution in [1.29, 1.82) is 0 Å². The van der Waals surface area contributed by atoms with Gasteiger partial charge in [-0.15, -0.1) is 0 Å². The van der Waals surface area contributed by atoms with Crippen molar-refractivity contribution in [2.45, 2.75) is 6.17 Å². The van der Waals surface area contributed by atoms with Gasteiger partial charge in [-0.3, -0.25) is 14.9 Å². The van der Waals surface area contributed by atoms with Crippen molar-refractivity contribution < 1.29 is 19.2 Å². The quantitative estimate of drug-likeness (QED) is 0.678. The van der Waals surface area contributed by atoms with Crippen LogP contribution in [0.5, 0.6) is 11.5 Å². The number of nitro groups is 1. The molecule has 0 aromatic heterocycles. The third-order valence-corrected chi connectivity index (χ3v) is 4.15. The zero-order valence-electron chi connectivity index (χ0n) is 14.0. The Balaban J connectivity index is 2.05. The summed E-state index contributed by atoms with van der Waals surface area (Å²) in [6.07, 6.45) is -0.530. The molecule has 2 aromatic carbocycles. The summed E-state index contributed by atoms with van der Waals surface area (Å²) in [6.45, 7) is 0. The SMILES string of the molecule is COc1cc2c(cc1OC)C(=O)N(C)C(c1cccc([N+](=O)[O-])c1)N2. The predicted octanol–water partition coefficient (Wildman–Crippen LogP) is 2.81. The average Bonchev–Trinajstić information content (AvgIpc) is 2.63. The smallest absolute Gasteiger partial charge is 0.269 e. The number of fused-ring (bicyclic) bond motifs is 1. The maximum atomic E-state index is 12.7. The van der Waals surface area contributed by atoms with Crippen molar-refractivity contribution in [1.82, 2.24) is 4.90 Å². The molecule has 130 valence electrons. The molecule has 1 atom stereocenters. The van der Waals surface area contributed by atoms with Crippen molar-refractivity contribution in [2.75, 3.05) is 26.6 Å². The van der Waals surface area contributed by atoms with Crippen LogP contribution in [0, 0.1) is 10.1 Å². The fraction of sp³-hybridized carbons (Fsp3) is 0.235. The van der Waals surface area contributed by atoms with Crippen LogP contribution in [0.2, 0.25) is 0 Å². The number of carbonyl (C=O) groups is 1. The molecule has 3 rings (SSSR count). The first-order valence-electron chi connectivity index (χ1n) is 7.50. The van der Waals surface area contributed by atoms with E-state index in [2.05, 4.69) is 5.32 Å². The fourth-order valence-electron chi connectivity index (χ4n) is 2.84. The number of anilines is 1. The minimum Gasteiger partial charge on any atom is -0.493 e. The molecule has 8 heteroatoms. The number of hydrogen-bond acceptors (Lipinski definition) is 6. The summed E-state index contributed by atoms with van der Waals surface area (Å²) < 4.78 is 10.5. The molecule has 0 bridgehead atoms. The molecule has 2 aromatic rings. The van der Waals surface area contributed by atoms with Gasteiger partial charge >= 0.3 is 0 Å². The number of hydrogen-bond donors (Lipinski definition) is 1. The van der Waals surface area contributed by atoms with Crippen LogP contribution >= 0.6 is 0 Å². The molecule has 1 aliphatic rings. The van der Waals surface area contributed by atoms with E-state index in [1.807, 2.05) is 0 Å². The minimum absolute atomic E-state index is 0.0294. The molecule has 1 unspecified atom stereocenters. The van der Waals surface area contributed by atoms with E-state index in [1.54, 1.807) is 31.3 Å². The first-order valence-corrected chi connectivity index (χ1v) is 7.50. The average molecular weight is 343 g/mol. The molecule has 0 saturated heterocycles. The number of amides is 1. The molecule has 0 radical (unpaired) electrons. The van der Waals surface area contributed by atoms with E-state index >= 15 is 0 Å². The summed E-state index contributed by atoms with van der Waals surface area (Å²) >= 11 is 0. The highest BCUT2D eigenvalue weighted by atomic mass is 16.6. The van der Waals surface area contributed by atoms with Crippen LogP contribution in [0.25, 0.3) is 0 Å². The van der Waals surface area contributed by atoms with Crippen LogP contribution in [0.1, 0.15) is 22.1 Å². The van der Waals surface area contributed by atoms with Crippen LogP contribution in [0.15, 0.2) is 36.4 Å². The van der Waals surface area contributed by atoms with Crippen molar-refractivity contribution in [3.05, 3.63) is 57.6 Å². The van der Waals surface area contributed by atoms with Crippen LogP contribution < -0.4 is 14.8 Å². The highest BCUT2D eigenvalue weighted by Gasteiger charge is 2.32. The van der Waals surface area contributed by atoms with E-state index in [9.17, 15) is 14.9 Å². The lowest BCUT2D eigenvalue weighted by molar-refractivity contribution is -0.384. The molecule has 0 fully saturated rings. The van der Waals surface area contributed by atoms with Gasteiger partial charge in [-0.2, -0.15) is 0 Å². The summed E-state index contributed by atoms with van der Waals surface area (Å²) in [4.78, 5) is 24.8. The van der Waals surface area contributed by atoms with Crippen molar-refractivity contribution >= 4 is 17.3 Å². The van der Waals surface area contributed by atoms with Gasteiger partial charge in [0.1, 0.15) is 6.17 Å². The summed E-state index contributed by atoms with van der Waals surface area (Å²) in [6, 6.07) is 9.49. The Morgan fingerprint density at radius 1 is 1.16 bits per heavy atom. The van der Waals surface area contributed by atoms with Gasteiger partial charge in [-0.1, -0.05) is 12.1 Å². The molecular formula is C17H17N3O5. The molecule has 0 saturated carbocycles.